The number of aliphatic hydroxyl groups excluding tert-OH is 1. The van der Waals surface area contributed by atoms with Crippen molar-refractivity contribution >= 4 is 38.9 Å². The van der Waals surface area contributed by atoms with Crippen LogP contribution in [0.4, 0.5) is 11.4 Å². The molecule has 0 aliphatic rings. The molecule has 3 rings (SSSR count). The number of hydrogen-bond acceptors (Lipinski definition) is 5. The van der Waals surface area contributed by atoms with Gasteiger partial charge in [-0.05, 0) is 53.6 Å². The summed E-state index contributed by atoms with van der Waals surface area (Å²) in [6.07, 6.45) is 1.31. The number of aliphatic hydroxyl groups is 1. The van der Waals surface area contributed by atoms with Gasteiger partial charge < -0.3 is 15.2 Å². The van der Waals surface area contributed by atoms with Crippen LogP contribution >= 0.6 is 11.6 Å². The predicted molar refractivity (Wildman–Crippen MR) is 130 cm³/mol. The smallest absolute Gasteiger partial charge is 0.232 e. The van der Waals surface area contributed by atoms with Crippen LogP contribution in [0.1, 0.15) is 11.1 Å². The first-order valence-corrected chi connectivity index (χ1v) is 12.4. The van der Waals surface area contributed by atoms with Crippen LogP contribution in [0.15, 0.2) is 72.8 Å². The van der Waals surface area contributed by atoms with Gasteiger partial charge in [-0.3, -0.25) is 9.10 Å². The van der Waals surface area contributed by atoms with Crippen LogP contribution in [0.3, 0.4) is 0 Å². The minimum absolute atomic E-state index is 0.0646. The fourth-order valence-corrected chi connectivity index (χ4v) is 4.22. The third kappa shape index (κ3) is 7.21. The van der Waals surface area contributed by atoms with Gasteiger partial charge in [0.15, 0.2) is 0 Å². The lowest BCUT2D eigenvalue weighted by atomic mass is 10.1. The topological polar surface area (TPSA) is 95.9 Å². The third-order valence-electron chi connectivity index (χ3n) is 4.76. The zero-order valence-corrected chi connectivity index (χ0v) is 19.6. The van der Waals surface area contributed by atoms with Crippen molar-refractivity contribution < 1.29 is 23.1 Å². The van der Waals surface area contributed by atoms with E-state index in [1.54, 1.807) is 72.8 Å². The number of hydrogen-bond donors (Lipinski definition) is 2. The number of ether oxygens (including phenoxy) is 1. The highest BCUT2D eigenvalue weighted by Gasteiger charge is 2.19. The van der Waals surface area contributed by atoms with E-state index in [4.69, 9.17) is 21.4 Å². The molecule has 0 fully saturated rings. The fraction of sp³-hybridized carbons (Fsp3) is 0.208. The molecule has 3 aromatic carbocycles. The maximum Gasteiger partial charge on any atom is 0.232 e. The summed E-state index contributed by atoms with van der Waals surface area (Å²) in [6, 6.07) is 20.7. The van der Waals surface area contributed by atoms with Crippen molar-refractivity contribution in [3.8, 4) is 5.75 Å². The van der Waals surface area contributed by atoms with Crippen molar-refractivity contribution in [1.29, 1.82) is 0 Å². The lowest BCUT2D eigenvalue weighted by Crippen LogP contribution is -2.29. The van der Waals surface area contributed by atoms with Gasteiger partial charge in [0.1, 0.15) is 12.4 Å². The molecule has 33 heavy (non-hydrogen) atoms. The molecule has 0 unspecified atom stereocenters. The zero-order chi connectivity index (χ0) is 23.8. The summed E-state index contributed by atoms with van der Waals surface area (Å²) in [4.78, 5) is 12.4. The van der Waals surface area contributed by atoms with Gasteiger partial charge in [-0.2, -0.15) is 0 Å². The number of amides is 1. The number of sulfonamides is 1. The van der Waals surface area contributed by atoms with Crippen LogP contribution in [0.2, 0.25) is 5.02 Å². The summed E-state index contributed by atoms with van der Waals surface area (Å²) < 4.78 is 31.3. The van der Waals surface area contributed by atoms with Crippen LogP contribution in [-0.2, 0) is 27.8 Å². The molecule has 0 radical (unpaired) electrons. The summed E-state index contributed by atoms with van der Waals surface area (Å²) in [5.41, 5.74) is 2.52. The van der Waals surface area contributed by atoms with Crippen molar-refractivity contribution in [2.45, 2.75) is 13.0 Å². The molecule has 3 aromatic rings. The summed E-state index contributed by atoms with van der Waals surface area (Å²) >= 11 is 6.20. The highest BCUT2D eigenvalue weighted by molar-refractivity contribution is 7.92. The Hall–Kier alpha value is -3.07. The molecule has 0 atom stereocenters. The Morgan fingerprint density at radius 3 is 2.30 bits per heavy atom. The van der Waals surface area contributed by atoms with E-state index in [1.807, 2.05) is 0 Å². The van der Waals surface area contributed by atoms with Gasteiger partial charge in [0.2, 0.25) is 15.9 Å². The quantitative estimate of drug-likeness (QED) is 0.452. The molecular formula is C24H25ClN2O5S. The molecule has 7 nitrogen and oxygen atoms in total. The summed E-state index contributed by atoms with van der Waals surface area (Å²) in [5, 5.41) is 12.1. The van der Waals surface area contributed by atoms with Gasteiger partial charge in [0.05, 0.1) is 31.5 Å². The molecular weight excluding hydrogens is 464 g/mol. The van der Waals surface area contributed by atoms with E-state index in [-0.39, 0.29) is 32.1 Å². The van der Waals surface area contributed by atoms with Crippen LogP contribution in [0.25, 0.3) is 0 Å². The molecule has 0 saturated carbocycles. The van der Waals surface area contributed by atoms with Gasteiger partial charge in [0.25, 0.3) is 0 Å². The van der Waals surface area contributed by atoms with E-state index in [0.717, 1.165) is 11.8 Å². The van der Waals surface area contributed by atoms with Gasteiger partial charge in [-0.15, -0.1) is 0 Å². The Balaban J connectivity index is 1.65. The Labute approximate surface area is 198 Å². The van der Waals surface area contributed by atoms with Gasteiger partial charge >= 0.3 is 0 Å². The van der Waals surface area contributed by atoms with E-state index in [9.17, 15) is 13.2 Å². The van der Waals surface area contributed by atoms with Gasteiger partial charge in [0, 0.05) is 10.7 Å². The van der Waals surface area contributed by atoms with E-state index < -0.39 is 10.0 Å². The van der Waals surface area contributed by atoms with Crippen molar-refractivity contribution in [2.75, 3.05) is 29.1 Å². The Bertz CT molecular complexity index is 1180. The molecule has 0 bridgehead atoms. The first-order valence-electron chi connectivity index (χ1n) is 10.2. The second-order valence-corrected chi connectivity index (χ2v) is 9.66. The molecule has 174 valence electrons. The number of benzene rings is 3. The average molecular weight is 489 g/mol. The first kappa shape index (κ1) is 24.6. The number of rotatable bonds is 10. The minimum atomic E-state index is -3.56. The lowest BCUT2D eigenvalue weighted by Gasteiger charge is -2.23. The maximum absolute atomic E-state index is 12.4. The van der Waals surface area contributed by atoms with Gasteiger partial charge in [-0.1, -0.05) is 41.9 Å². The largest absolute Gasteiger partial charge is 0.491 e. The normalized spacial score (nSPS) is 11.1. The molecule has 0 saturated heterocycles. The first-order chi connectivity index (χ1) is 15.8. The highest BCUT2D eigenvalue weighted by Crippen LogP contribution is 2.25. The molecule has 0 aromatic heterocycles. The fourth-order valence-electron chi connectivity index (χ4n) is 3.15. The number of nitrogens with one attached hydrogen (secondary N) is 1. The molecule has 2 N–H and O–H groups in total. The molecule has 9 heteroatoms. The Morgan fingerprint density at radius 2 is 1.70 bits per heavy atom. The molecule has 0 aliphatic heterocycles. The zero-order valence-electron chi connectivity index (χ0n) is 18.1. The predicted octanol–water partition coefficient (Wildman–Crippen LogP) is 3.86. The third-order valence-corrected chi connectivity index (χ3v) is 6.27. The Kier molecular flexibility index (Phi) is 8.32. The van der Waals surface area contributed by atoms with Crippen LogP contribution < -0.4 is 14.4 Å². The molecule has 0 aliphatic carbocycles. The highest BCUT2D eigenvalue weighted by atomic mass is 35.5. The SMILES string of the molecule is CS(=O)(=O)N(Cc1ccccc1Cl)c1ccc(NC(=O)Cc2ccc(OCCO)cc2)cc1. The van der Waals surface area contributed by atoms with Crippen molar-refractivity contribution in [3.05, 3.63) is 88.9 Å². The number of carbonyl (C=O) groups is 1. The Morgan fingerprint density at radius 1 is 1.03 bits per heavy atom. The maximum atomic E-state index is 12.4. The number of halogens is 1. The van der Waals surface area contributed by atoms with E-state index >= 15 is 0 Å². The summed E-state index contributed by atoms with van der Waals surface area (Å²) in [7, 11) is -3.56. The second-order valence-electron chi connectivity index (χ2n) is 7.35. The summed E-state index contributed by atoms with van der Waals surface area (Å²) in [5.74, 6) is 0.416. The average Bonchev–Trinajstić information content (AvgIpc) is 2.78. The molecule has 1 amide bonds. The monoisotopic (exact) mass is 488 g/mol. The van der Waals surface area contributed by atoms with Crippen molar-refractivity contribution in [1.82, 2.24) is 0 Å². The van der Waals surface area contributed by atoms with Gasteiger partial charge in [-0.25, -0.2) is 8.42 Å². The number of anilines is 2. The van der Waals surface area contributed by atoms with Crippen LogP contribution in [0, 0.1) is 0 Å². The van der Waals surface area contributed by atoms with E-state index in [0.29, 0.717) is 27.7 Å². The van der Waals surface area contributed by atoms with Crippen molar-refractivity contribution in [3.63, 3.8) is 0 Å². The van der Waals surface area contributed by atoms with Crippen molar-refractivity contribution in [2.24, 2.45) is 0 Å². The number of carbonyl (C=O) groups excluding carboxylic acids is 1. The van der Waals surface area contributed by atoms with E-state index in [2.05, 4.69) is 5.32 Å². The second kappa shape index (κ2) is 11.2. The number of nitrogens with zero attached hydrogens (tertiary/aromatic N) is 1. The molecule has 0 heterocycles. The summed E-state index contributed by atoms with van der Waals surface area (Å²) in [6.45, 7) is 0.248. The molecule has 0 spiro atoms. The lowest BCUT2D eigenvalue weighted by molar-refractivity contribution is -0.115. The van der Waals surface area contributed by atoms with E-state index in [1.165, 1.54) is 4.31 Å². The minimum Gasteiger partial charge on any atom is -0.491 e. The van der Waals surface area contributed by atoms with Crippen LogP contribution in [0.5, 0.6) is 5.75 Å². The van der Waals surface area contributed by atoms with Crippen LogP contribution in [-0.4, -0.2) is 38.9 Å². The standard InChI is InChI=1S/C24H25ClN2O5S/c1-33(30,31)27(17-19-4-2-3-5-23(19)25)21-10-8-20(9-11-21)26-24(29)16-18-6-12-22(13-7-18)32-15-14-28/h2-13,28H,14-17H2,1H3,(H,26,29).